The van der Waals surface area contributed by atoms with Crippen LogP contribution in [0, 0.1) is 6.92 Å². The Morgan fingerprint density at radius 1 is 1.18 bits per heavy atom. The summed E-state index contributed by atoms with van der Waals surface area (Å²) in [5.74, 6) is -0.354. The van der Waals surface area contributed by atoms with Gasteiger partial charge in [0.05, 0.1) is 0 Å². The summed E-state index contributed by atoms with van der Waals surface area (Å²) in [7, 11) is 0. The average Bonchev–Trinajstić information content (AvgIpc) is 2.81. The third kappa shape index (κ3) is 2.14. The molecule has 0 aromatic heterocycles. The van der Waals surface area contributed by atoms with Crippen LogP contribution in [0.5, 0.6) is 0 Å². The Kier molecular flexibility index (Phi) is 3.77. The summed E-state index contributed by atoms with van der Waals surface area (Å²) in [6.45, 7) is 3.90. The lowest BCUT2D eigenvalue weighted by Gasteiger charge is -2.25. The second-order valence-corrected chi connectivity index (χ2v) is 6.15. The van der Waals surface area contributed by atoms with E-state index < -0.39 is 5.41 Å². The molecule has 1 aromatic carbocycles. The van der Waals surface area contributed by atoms with Crippen molar-refractivity contribution in [2.75, 3.05) is 0 Å². The van der Waals surface area contributed by atoms with Crippen LogP contribution in [0.25, 0.3) is 0 Å². The van der Waals surface area contributed by atoms with E-state index in [1.807, 2.05) is 38.1 Å². The first-order chi connectivity index (χ1) is 10.6. The van der Waals surface area contributed by atoms with Crippen molar-refractivity contribution in [2.45, 2.75) is 51.4 Å². The zero-order valence-corrected chi connectivity index (χ0v) is 13.2. The first-order valence-electron chi connectivity index (χ1n) is 8.01. The Labute approximate surface area is 131 Å². The summed E-state index contributed by atoms with van der Waals surface area (Å²) in [6.07, 6.45) is 6.57. The van der Waals surface area contributed by atoms with E-state index >= 15 is 0 Å². The molecule has 1 aliphatic carbocycles. The largest absolute Gasteiger partial charge is 0.272 e. The van der Waals surface area contributed by atoms with Crippen molar-refractivity contribution in [3.05, 3.63) is 47.2 Å². The van der Waals surface area contributed by atoms with Gasteiger partial charge in [-0.3, -0.25) is 15.0 Å². The van der Waals surface area contributed by atoms with Crippen molar-refractivity contribution in [1.82, 2.24) is 10.4 Å². The fourth-order valence-corrected chi connectivity index (χ4v) is 3.37. The topological polar surface area (TPSA) is 49.4 Å². The minimum atomic E-state index is -1.09. The Morgan fingerprint density at radius 3 is 2.50 bits per heavy atom. The summed E-state index contributed by atoms with van der Waals surface area (Å²) in [5.41, 5.74) is 4.55. The lowest BCUT2D eigenvalue weighted by molar-refractivity contribution is -0.133. The van der Waals surface area contributed by atoms with Gasteiger partial charge in [-0.1, -0.05) is 42.8 Å². The molecule has 2 amide bonds. The van der Waals surface area contributed by atoms with Gasteiger partial charge in [0.1, 0.15) is 0 Å². The Bertz CT molecular complexity index is 633. The average molecular weight is 298 g/mol. The minimum Gasteiger partial charge on any atom is -0.272 e. The maximum absolute atomic E-state index is 13.1. The molecule has 1 N–H and O–H groups in total. The number of hydrogen-bond acceptors (Lipinski definition) is 2. The standard InChI is InChI=1S/C18H22N2O2/c1-3-18(14-11-9-13(2)10-12-14)16(21)19-20(17(18)22)15-7-5-4-6-8-15/h7,9-12H,3-6,8H2,1-2H3,(H,19,21). The predicted octanol–water partition coefficient (Wildman–Crippen LogP) is 2.97. The van der Waals surface area contributed by atoms with Crippen LogP contribution in [0.2, 0.25) is 0 Å². The quantitative estimate of drug-likeness (QED) is 0.872. The van der Waals surface area contributed by atoms with Crippen LogP contribution >= 0.6 is 0 Å². The molecule has 0 saturated carbocycles. The third-order valence-corrected chi connectivity index (χ3v) is 4.80. The fourth-order valence-electron chi connectivity index (χ4n) is 3.37. The number of benzene rings is 1. The molecule has 2 aliphatic rings. The molecule has 1 fully saturated rings. The van der Waals surface area contributed by atoms with E-state index in [2.05, 4.69) is 11.5 Å². The lowest BCUT2D eigenvalue weighted by Crippen LogP contribution is -2.40. The molecule has 4 nitrogen and oxygen atoms in total. The molecule has 1 heterocycles. The lowest BCUT2D eigenvalue weighted by atomic mass is 9.77. The molecule has 1 unspecified atom stereocenters. The van der Waals surface area contributed by atoms with E-state index in [4.69, 9.17) is 0 Å². The van der Waals surface area contributed by atoms with Gasteiger partial charge in [-0.05, 0) is 44.6 Å². The maximum Gasteiger partial charge on any atom is 0.265 e. The van der Waals surface area contributed by atoms with Crippen molar-refractivity contribution in [3.8, 4) is 0 Å². The van der Waals surface area contributed by atoms with Gasteiger partial charge < -0.3 is 0 Å². The monoisotopic (exact) mass is 298 g/mol. The zero-order valence-electron chi connectivity index (χ0n) is 13.2. The number of allylic oxidation sites excluding steroid dienone is 2. The second kappa shape index (κ2) is 5.59. The Hall–Kier alpha value is -2.10. The number of hydrogen-bond donors (Lipinski definition) is 1. The molecule has 1 saturated heterocycles. The third-order valence-electron chi connectivity index (χ3n) is 4.80. The van der Waals surface area contributed by atoms with E-state index in [0.29, 0.717) is 6.42 Å². The highest BCUT2D eigenvalue weighted by Gasteiger charge is 2.55. The Balaban J connectivity index is 2.01. The van der Waals surface area contributed by atoms with Gasteiger partial charge in [-0.15, -0.1) is 0 Å². The predicted molar refractivity (Wildman–Crippen MR) is 84.7 cm³/mol. The van der Waals surface area contributed by atoms with Crippen molar-refractivity contribution < 1.29 is 9.59 Å². The molecule has 3 rings (SSSR count). The van der Waals surface area contributed by atoms with Crippen LogP contribution < -0.4 is 5.43 Å². The van der Waals surface area contributed by atoms with E-state index in [1.165, 1.54) is 5.01 Å². The summed E-state index contributed by atoms with van der Waals surface area (Å²) in [4.78, 5) is 25.7. The van der Waals surface area contributed by atoms with Gasteiger partial charge in [-0.2, -0.15) is 0 Å². The van der Waals surface area contributed by atoms with Crippen molar-refractivity contribution >= 4 is 11.8 Å². The normalized spacial score (nSPS) is 25.2. The van der Waals surface area contributed by atoms with E-state index in [1.54, 1.807) is 0 Å². The molecule has 1 atom stereocenters. The number of carbonyl (C=O) groups is 2. The Morgan fingerprint density at radius 2 is 1.91 bits per heavy atom. The molecule has 0 radical (unpaired) electrons. The number of aryl methyl sites for hydroxylation is 1. The SMILES string of the molecule is CCC1(c2ccc(C)cc2)C(=O)NN(C2=CCCCC2)C1=O. The van der Waals surface area contributed by atoms with Crippen LogP contribution in [-0.2, 0) is 15.0 Å². The number of carbonyl (C=O) groups excluding carboxylic acids is 2. The highest BCUT2D eigenvalue weighted by Crippen LogP contribution is 2.37. The van der Waals surface area contributed by atoms with Crippen LogP contribution in [-0.4, -0.2) is 16.8 Å². The van der Waals surface area contributed by atoms with Gasteiger partial charge in [0.15, 0.2) is 5.41 Å². The molecular weight excluding hydrogens is 276 g/mol. The van der Waals surface area contributed by atoms with Crippen molar-refractivity contribution in [1.29, 1.82) is 0 Å². The van der Waals surface area contributed by atoms with Crippen LogP contribution in [0.4, 0.5) is 0 Å². The first kappa shape index (κ1) is 14.8. The van der Waals surface area contributed by atoms with Gasteiger partial charge in [-0.25, -0.2) is 5.01 Å². The summed E-state index contributed by atoms with van der Waals surface area (Å²) in [6, 6.07) is 7.70. The zero-order chi connectivity index (χ0) is 15.7. The molecule has 116 valence electrons. The van der Waals surface area contributed by atoms with E-state index in [9.17, 15) is 9.59 Å². The molecule has 4 heteroatoms. The number of amides is 2. The fraction of sp³-hybridized carbons (Fsp3) is 0.444. The highest BCUT2D eigenvalue weighted by molar-refractivity contribution is 6.15. The molecule has 1 aromatic rings. The molecular formula is C18H22N2O2. The molecule has 1 aliphatic heterocycles. The number of nitrogens with zero attached hydrogens (tertiary/aromatic N) is 1. The van der Waals surface area contributed by atoms with Crippen LogP contribution in [0.1, 0.15) is 50.2 Å². The summed E-state index contributed by atoms with van der Waals surface area (Å²) in [5, 5.41) is 1.49. The van der Waals surface area contributed by atoms with Gasteiger partial charge in [0.2, 0.25) is 0 Å². The van der Waals surface area contributed by atoms with Gasteiger partial charge in [0.25, 0.3) is 11.8 Å². The minimum absolute atomic E-state index is 0.142. The maximum atomic E-state index is 13.1. The van der Waals surface area contributed by atoms with Crippen LogP contribution in [0.15, 0.2) is 36.0 Å². The van der Waals surface area contributed by atoms with E-state index in [0.717, 1.165) is 42.5 Å². The number of hydrazine groups is 1. The van der Waals surface area contributed by atoms with Crippen molar-refractivity contribution in [3.63, 3.8) is 0 Å². The highest BCUT2D eigenvalue weighted by atomic mass is 16.2. The smallest absolute Gasteiger partial charge is 0.265 e. The first-order valence-corrected chi connectivity index (χ1v) is 8.01. The van der Waals surface area contributed by atoms with Crippen molar-refractivity contribution in [2.24, 2.45) is 0 Å². The molecule has 0 bridgehead atoms. The summed E-state index contributed by atoms with van der Waals surface area (Å²) < 4.78 is 0. The summed E-state index contributed by atoms with van der Waals surface area (Å²) >= 11 is 0. The molecule has 22 heavy (non-hydrogen) atoms. The van der Waals surface area contributed by atoms with Crippen LogP contribution in [0.3, 0.4) is 0 Å². The molecule has 0 spiro atoms. The van der Waals surface area contributed by atoms with Gasteiger partial charge >= 0.3 is 0 Å². The van der Waals surface area contributed by atoms with Gasteiger partial charge in [0, 0.05) is 5.70 Å². The number of nitrogens with one attached hydrogen (secondary N) is 1. The number of rotatable bonds is 3. The second-order valence-electron chi connectivity index (χ2n) is 6.15. The van der Waals surface area contributed by atoms with E-state index in [-0.39, 0.29) is 11.8 Å².